The molecule has 3 rings (SSSR count). The lowest BCUT2D eigenvalue weighted by molar-refractivity contribution is 0.110. The standard InChI is InChI=1S/C22H24ClNO6.ClH/c1-28-11-9-24(10-12-29-2)13-17-18(25)8-7-16-20(26)19(22(27)30-21(16)17)14-3-5-15(23)6-4-14;/h3-8,25-26H,9-13H2,1-2H3;1H. The lowest BCUT2D eigenvalue weighted by Gasteiger charge is -2.22. The first-order valence-electron chi connectivity index (χ1n) is 9.43. The lowest BCUT2D eigenvalue weighted by Crippen LogP contribution is -2.30. The summed E-state index contributed by atoms with van der Waals surface area (Å²) < 4.78 is 15.9. The summed E-state index contributed by atoms with van der Waals surface area (Å²) in [5.74, 6) is -0.228. The summed E-state index contributed by atoms with van der Waals surface area (Å²) in [5, 5.41) is 22.2. The van der Waals surface area contributed by atoms with Crippen molar-refractivity contribution in [2.75, 3.05) is 40.5 Å². The Bertz CT molecular complexity index is 1060. The normalized spacial score (nSPS) is 11.1. The average molecular weight is 470 g/mol. The van der Waals surface area contributed by atoms with Crippen LogP contribution in [0.15, 0.2) is 45.6 Å². The van der Waals surface area contributed by atoms with Gasteiger partial charge in [0.25, 0.3) is 0 Å². The van der Waals surface area contributed by atoms with Crippen molar-refractivity contribution >= 4 is 35.0 Å². The molecular weight excluding hydrogens is 445 g/mol. The van der Waals surface area contributed by atoms with Gasteiger partial charge in [-0.25, -0.2) is 4.79 Å². The van der Waals surface area contributed by atoms with Crippen LogP contribution in [-0.4, -0.2) is 55.6 Å². The fourth-order valence-electron chi connectivity index (χ4n) is 3.25. The molecule has 3 aromatic rings. The summed E-state index contributed by atoms with van der Waals surface area (Å²) in [4.78, 5) is 14.7. The highest BCUT2D eigenvalue weighted by atomic mass is 35.5. The molecule has 1 aromatic heterocycles. The Morgan fingerprint density at radius 2 is 1.61 bits per heavy atom. The summed E-state index contributed by atoms with van der Waals surface area (Å²) >= 11 is 5.92. The second kappa shape index (κ2) is 11.4. The molecule has 2 N–H and O–H groups in total. The summed E-state index contributed by atoms with van der Waals surface area (Å²) in [6.45, 7) is 2.46. The molecule has 0 radical (unpaired) electrons. The fraction of sp³-hybridized carbons (Fsp3) is 0.318. The van der Waals surface area contributed by atoms with Gasteiger partial charge in [0.1, 0.15) is 22.6 Å². The quantitative estimate of drug-likeness (QED) is 0.456. The predicted octanol–water partition coefficient (Wildman–Crippen LogP) is 4.04. The molecule has 0 aliphatic carbocycles. The van der Waals surface area contributed by atoms with Crippen molar-refractivity contribution in [1.29, 1.82) is 0 Å². The van der Waals surface area contributed by atoms with E-state index in [1.807, 2.05) is 4.90 Å². The van der Waals surface area contributed by atoms with Crippen LogP contribution in [-0.2, 0) is 16.0 Å². The molecular formula is C22H25Cl2NO6. The highest BCUT2D eigenvalue weighted by molar-refractivity contribution is 6.30. The summed E-state index contributed by atoms with van der Waals surface area (Å²) in [5.41, 5.74) is 0.398. The van der Waals surface area contributed by atoms with Gasteiger partial charge in [0.15, 0.2) is 0 Å². The monoisotopic (exact) mass is 469 g/mol. The molecule has 7 nitrogen and oxygen atoms in total. The smallest absolute Gasteiger partial charge is 0.347 e. The molecule has 0 atom stereocenters. The first kappa shape index (κ1) is 25.0. The van der Waals surface area contributed by atoms with Crippen LogP contribution in [0.3, 0.4) is 0 Å². The predicted molar refractivity (Wildman–Crippen MR) is 123 cm³/mol. The Morgan fingerprint density at radius 1 is 1.00 bits per heavy atom. The van der Waals surface area contributed by atoms with Crippen LogP contribution in [0.2, 0.25) is 5.02 Å². The van der Waals surface area contributed by atoms with E-state index in [-0.39, 0.29) is 35.1 Å². The second-order valence-electron chi connectivity index (χ2n) is 6.82. The number of hydrogen-bond donors (Lipinski definition) is 2. The minimum absolute atomic E-state index is 0. The zero-order valence-corrected chi connectivity index (χ0v) is 18.8. The van der Waals surface area contributed by atoms with Crippen LogP contribution in [0, 0.1) is 0 Å². The van der Waals surface area contributed by atoms with E-state index in [1.54, 1.807) is 38.5 Å². The van der Waals surface area contributed by atoms with Gasteiger partial charge in [-0.3, -0.25) is 4.90 Å². The number of benzene rings is 2. The zero-order valence-electron chi connectivity index (χ0n) is 17.3. The SMILES string of the molecule is COCCN(CCOC)Cc1c(O)ccc2c(O)c(-c3ccc(Cl)cc3)c(=O)oc12.Cl. The highest BCUT2D eigenvalue weighted by Crippen LogP contribution is 2.37. The number of hydrogen-bond acceptors (Lipinski definition) is 7. The van der Waals surface area contributed by atoms with Gasteiger partial charge in [0.05, 0.1) is 24.2 Å². The topological polar surface area (TPSA) is 92.4 Å². The number of nitrogens with zero attached hydrogens (tertiary/aromatic N) is 1. The number of fused-ring (bicyclic) bond motifs is 1. The van der Waals surface area contributed by atoms with Gasteiger partial charge in [-0.05, 0) is 29.8 Å². The lowest BCUT2D eigenvalue weighted by atomic mass is 10.0. The van der Waals surface area contributed by atoms with Crippen molar-refractivity contribution in [3.05, 3.63) is 57.4 Å². The molecule has 168 valence electrons. The molecule has 0 saturated heterocycles. The molecule has 0 aliphatic heterocycles. The Morgan fingerprint density at radius 3 is 2.19 bits per heavy atom. The van der Waals surface area contributed by atoms with Gasteiger partial charge >= 0.3 is 5.63 Å². The van der Waals surface area contributed by atoms with Crippen LogP contribution < -0.4 is 5.63 Å². The van der Waals surface area contributed by atoms with Gasteiger partial charge in [0.2, 0.25) is 0 Å². The Kier molecular flexibility index (Phi) is 9.15. The van der Waals surface area contributed by atoms with Crippen molar-refractivity contribution in [3.63, 3.8) is 0 Å². The third-order valence-corrected chi connectivity index (χ3v) is 5.12. The maximum Gasteiger partial charge on any atom is 0.347 e. The number of ether oxygens (including phenoxy) is 2. The molecule has 0 aliphatic rings. The van der Waals surface area contributed by atoms with Crippen molar-refractivity contribution in [2.24, 2.45) is 0 Å². The number of aromatic hydroxyl groups is 2. The van der Waals surface area contributed by atoms with E-state index < -0.39 is 5.63 Å². The van der Waals surface area contributed by atoms with Crippen LogP contribution in [0.25, 0.3) is 22.1 Å². The van der Waals surface area contributed by atoms with Crippen molar-refractivity contribution in [3.8, 4) is 22.6 Å². The van der Waals surface area contributed by atoms with Crippen molar-refractivity contribution in [2.45, 2.75) is 6.54 Å². The summed E-state index contributed by atoms with van der Waals surface area (Å²) in [6, 6.07) is 9.54. The molecule has 0 bridgehead atoms. The molecule has 31 heavy (non-hydrogen) atoms. The zero-order chi connectivity index (χ0) is 21.7. The molecule has 0 amide bonds. The average Bonchev–Trinajstić information content (AvgIpc) is 2.73. The van der Waals surface area contributed by atoms with E-state index in [9.17, 15) is 15.0 Å². The van der Waals surface area contributed by atoms with Crippen LogP contribution >= 0.6 is 24.0 Å². The van der Waals surface area contributed by atoms with Crippen molar-refractivity contribution < 1.29 is 24.1 Å². The van der Waals surface area contributed by atoms with E-state index in [4.69, 9.17) is 25.5 Å². The van der Waals surface area contributed by atoms with Gasteiger partial charge in [0, 0.05) is 38.9 Å². The second-order valence-corrected chi connectivity index (χ2v) is 7.26. The maximum atomic E-state index is 12.7. The Balaban J connectivity index is 0.00000341. The van der Waals surface area contributed by atoms with Crippen molar-refractivity contribution in [1.82, 2.24) is 4.90 Å². The first-order chi connectivity index (χ1) is 14.5. The van der Waals surface area contributed by atoms with Crippen LogP contribution in [0.4, 0.5) is 0 Å². The largest absolute Gasteiger partial charge is 0.507 e. The van der Waals surface area contributed by atoms with E-state index in [0.29, 0.717) is 54.4 Å². The fourth-order valence-corrected chi connectivity index (χ4v) is 3.38. The van der Waals surface area contributed by atoms with E-state index in [1.165, 1.54) is 12.1 Å². The molecule has 0 fully saturated rings. The number of halogens is 2. The first-order valence-corrected chi connectivity index (χ1v) is 9.80. The van der Waals surface area contributed by atoms with Gasteiger partial charge < -0.3 is 24.1 Å². The van der Waals surface area contributed by atoms with Gasteiger partial charge in [-0.15, -0.1) is 12.4 Å². The molecule has 0 spiro atoms. The molecule has 1 heterocycles. The number of methoxy groups -OCH3 is 2. The van der Waals surface area contributed by atoms with Gasteiger partial charge in [-0.1, -0.05) is 23.7 Å². The molecule has 9 heteroatoms. The summed E-state index contributed by atoms with van der Waals surface area (Å²) in [6.07, 6.45) is 0. The molecule has 0 unspecified atom stereocenters. The Labute approximate surface area is 191 Å². The van der Waals surface area contributed by atoms with Crippen LogP contribution in [0.1, 0.15) is 5.56 Å². The third-order valence-electron chi connectivity index (χ3n) is 4.86. The molecule has 0 saturated carbocycles. The van der Waals surface area contributed by atoms with E-state index in [2.05, 4.69) is 0 Å². The minimum Gasteiger partial charge on any atom is -0.507 e. The molecule has 2 aromatic carbocycles. The number of rotatable bonds is 9. The highest BCUT2D eigenvalue weighted by Gasteiger charge is 2.21. The number of phenols is 1. The third kappa shape index (κ3) is 5.70. The maximum absolute atomic E-state index is 12.7. The minimum atomic E-state index is -0.700. The van der Waals surface area contributed by atoms with Gasteiger partial charge in [-0.2, -0.15) is 0 Å². The Hall–Kier alpha value is -2.29. The number of phenolic OH excluding ortho intramolecular Hbond substituents is 1. The summed E-state index contributed by atoms with van der Waals surface area (Å²) in [7, 11) is 3.22. The van der Waals surface area contributed by atoms with E-state index >= 15 is 0 Å². The van der Waals surface area contributed by atoms with E-state index in [0.717, 1.165) is 0 Å². The van der Waals surface area contributed by atoms with Crippen LogP contribution in [0.5, 0.6) is 11.5 Å².